The lowest BCUT2D eigenvalue weighted by atomic mass is 9.78. The van der Waals surface area contributed by atoms with Crippen LogP contribution < -0.4 is 0 Å². The fourth-order valence-corrected chi connectivity index (χ4v) is 9.93. The summed E-state index contributed by atoms with van der Waals surface area (Å²) in [7, 11) is 4.35. The topological polar surface area (TPSA) is 230 Å². The van der Waals surface area contributed by atoms with Crippen molar-refractivity contribution in [3.05, 3.63) is 35.5 Å². The molecule has 0 aromatic carbocycles. The zero-order valence-electron chi connectivity index (χ0n) is 41.4. The van der Waals surface area contributed by atoms with E-state index in [9.17, 15) is 48.9 Å². The SMILES string of the molecule is CO[C@@H](C[C@@H]1CC[C@@H](C)[C@](O)(C(=O)C(=O)N2CCCC[C@H]2C(=O)O[C@@H](CC(=O)[C@H](C)/C=C(\C)[C@@H](O)[C@@H](OC)C(=O)[C@H](C)C[C@H](C)/C=C/C=O)[C@H](C)C[C@@H]2CC[C@@H](O)[C@H](OC)C2)O1)/C(C)=C/C=O. The highest BCUT2D eigenvalue weighted by Crippen LogP contribution is 2.37. The van der Waals surface area contributed by atoms with Gasteiger partial charge in [-0.1, -0.05) is 46.8 Å². The first kappa shape index (κ1) is 57.5. The number of nitrogens with zero attached hydrogens (tertiary/aromatic N) is 1. The van der Waals surface area contributed by atoms with Gasteiger partial charge >= 0.3 is 5.97 Å². The van der Waals surface area contributed by atoms with Crippen molar-refractivity contribution in [2.45, 2.75) is 180 Å². The molecule has 0 aromatic heterocycles. The van der Waals surface area contributed by atoms with Crippen molar-refractivity contribution in [2.75, 3.05) is 27.9 Å². The third-order valence-electron chi connectivity index (χ3n) is 14.3. The van der Waals surface area contributed by atoms with Crippen molar-refractivity contribution < 1.29 is 72.6 Å². The number of ether oxygens (including phenoxy) is 5. The minimum absolute atomic E-state index is 0.0467. The van der Waals surface area contributed by atoms with Gasteiger partial charge in [-0.25, -0.2) is 4.79 Å². The van der Waals surface area contributed by atoms with Crippen LogP contribution in [0.1, 0.15) is 126 Å². The van der Waals surface area contributed by atoms with E-state index in [0.29, 0.717) is 81.5 Å². The lowest BCUT2D eigenvalue weighted by Gasteiger charge is -2.42. The van der Waals surface area contributed by atoms with Gasteiger partial charge in [0.2, 0.25) is 5.79 Å². The number of rotatable bonds is 26. The van der Waals surface area contributed by atoms with E-state index in [1.54, 1.807) is 53.9 Å². The van der Waals surface area contributed by atoms with Crippen LogP contribution in [0, 0.1) is 35.5 Å². The second-order valence-corrected chi connectivity index (χ2v) is 19.5. The molecule has 0 spiro atoms. The maximum absolute atomic E-state index is 14.4. The van der Waals surface area contributed by atoms with E-state index >= 15 is 0 Å². The minimum Gasteiger partial charge on any atom is -0.460 e. The second-order valence-electron chi connectivity index (χ2n) is 19.5. The molecule has 0 bridgehead atoms. The molecular weight excluding hydrogens is 867 g/mol. The summed E-state index contributed by atoms with van der Waals surface area (Å²) < 4.78 is 28.8. The van der Waals surface area contributed by atoms with E-state index in [2.05, 4.69) is 0 Å². The molecular formula is C51H79NO15. The maximum Gasteiger partial charge on any atom is 0.329 e. The first-order chi connectivity index (χ1) is 31.7. The van der Waals surface area contributed by atoms with Crippen LogP contribution >= 0.6 is 0 Å². The van der Waals surface area contributed by atoms with Crippen molar-refractivity contribution in [1.29, 1.82) is 0 Å². The molecule has 16 heteroatoms. The van der Waals surface area contributed by atoms with Gasteiger partial charge in [0.1, 0.15) is 42.7 Å². The number of hydrogen-bond acceptors (Lipinski definition) is 15. The molecule has 2 heterocycles. The fourth-order valence-electron chi connectivity index (χ4n) is 9.93. The van der Waals surface area contributed by atoms with Crippen molar-refractivity contribution in [2.24, 2.45) is 35.5 Å². The number of aliphatic hydroxyl groups excluding tert-OH is 2. The van der Waals surface area contributed by atoms with E-state index in [0.717, 1.165) is 4.90 Å². The molecule has 1 aliphatic carbocycles. The van der Waals surface area contributed by atoms with Crippen LogP contribution in [0.15, 0.2) is 35.5 Å². The summed E-state index contributed by atoms with van der Waals surface area (Å²) in [4.78, 5) is 93.1. The van der Waals surface area contributed by atoms with Gasteiger partial charge in [0.15, 0.2) is 5.78 Å². The Balaban J connectivity index is 1.85. The molecule has 0 unspecified atom stereocenters. The quantitative estimate of drug-likeness (QED) is 0.0341. The molecule has 2 saturated heterocycles. The highest BCUT2D eigenvalue weighted by molar-refractivity contribution is 6.39. The number of hydrogen-bond donors (Lipinski definition) is 3. The van der Waals surface area contributed by atoms with Crippen molar-refractivity contribution in [3.63, 3.8) is 0 Å². The van der Waals surface area contributed by atoms with E-state index in [1.165, 1.54) is 26.4 Å². The predicted octanol–water partition coefficient (Wildman–Crippen LogP) is 5.01. The number of likely N-dealkylation sites (tertiary alicyclic amines) is 1. The number of carbonyl (C=O) groups is 7. The number of Topliss-reactive ketones (excluding diaryl/α,β-unsaturated/α-hetero) is 3. The predicted molar refractivity (Wildman–Crippen MR) is 248 cm³/mol. The molecule has 1 amide bonds. The lowest BCUT2D eigenvalue weighted by Crippen LogP contribution is -2.61. The molecule has 0 aromatic rings. The summed E-state index contributed by atoms with van der Waals surface area (Å²) in [5.74, 6) is -8.60. The van der Waals surface area contributed by atoms with E-state index < -0.39 is 83.9 Å². The van der Waals surface area contributed by atoms with Gasteiger partial charge in [0, 0.05) is 58.5 Å². The number of piperidine rings is 1. The average Bonchev–Trinajstić information content (AvgIpc) is 3.30. The Labute approximate surface area is 397 Å². The third kappa shape index (κ3) is 15.9. The number of ketones is 3. The number of methoxy groups -OCH3 is 3. The second kappa shape index (κ2) is 27.4. The van der Waals surface area contributed by atoms with E-state index in [-0.39, 0.29) is 61.2 Å². The molecule has 67 heavy (non-hydrogen) atoms. The van der Waals surface area contributed by atoms with Crippen molar-refractivity contribution in [1.82, 2.24) is 4.90 Å². The highest BCUT2D eigenvalue weighted by Gasteiger charge is 2.53. The zero-order chi connectivity index (χ0) is 50.2. The Bertz CT molecular complexity index is 1780. The van der Waals surface area contributed by atoms with Crippen LogP contribution in [0.5, 0.6) is 0 Å². The molecule has 3 rings (SSSR count). The van der Waals surface area contributed by atoms with Gasteiger partial charge in [-0.05, 0) is 119 Å². The number of amides is 1. The Morgan fingerprint density at radius 3 is 2.22 bits per heavy atom. The van der Waals surface area contributed by atoms with E-state index in [4.69, 9.17) is 23.7 Å². The number of aliphatic hydroxyl groups is 3. The van der Waals surface area contributed by atoms with Crippen LogP contribution in [0.3, 0.4) is 0 Å². The molecule has 1 saturated carbocycles. The van der Waals surface area contributed by atoms with Gasteiger partial charge < -0.3 is 43.9 Å². The molecule has 3 aliphatic rings. The first-order valence-electron chi connectivity index (χ1n) is 24.1. The Morgan fingerprint density at radius 1 is 0.896 bits per heavy atom. The molecule has 2 aliphatic heterocycles. The number of allylic oxidation sites excluding steroid dienone is 4. The third-order valence-corrected chi connectivity index (χ3v) is 14.3. The molecule has 16 nitrogen and oxygen atoms in total. The standard InChI is InChI=1S/C51H79NO15/c1-30(14-13-22-53)24-34(5)45(57)47(65-10)46(58)35(6)25-32(3)41(56)29-43(33(4)26-37-17-19-40(55)44(27-37)64-9)66-50(61)39-15-11-12-21-52(39)49(60)48(59)51(62)36(7)16-18-38(67-51)28-42(63-8)31(2)20-23-54/h13-14,20,22-23,25,30,32-34,36-40,42-44,46-47,55,58,62H,11-12,15-19,21,24,26-29H2,1-10H3/b14-13+,31-20+,35-25+/t30-,32-,33-,34-,36-,37+,38+,39+,40-,42+,43+,44-,46-,47+,51-/m1/s1. The normalized spacial score (nSPS) is 28.9. The van der Waals surface area contributed by atoms with Crippen LogP contribution in [-0.4, -0.2) is 144 Å². The molecule has 15 atom stereocenters. The van der Waals surface area contributed by atoms with Crippen molar-refractivity contribution >= 4 is 41.8 Å². The smallest absolute Gasteiger partial charge is 0.329 e. The zero-order valence-corrected chi connectivity index (χ0v) is 41.4. The summed E-state index contributed by atoms with van der Waals surface area (Å²) in [6.07, 6.45) is 6.39. The number of carbonyl (C=O) groups excluding carboxylic acids is 7. The molecule has 0 radical (unpaired) electrons. The van der Waals surface area contributed by atoms with Crippen LogP contribution in [-0.2, 0) is 57.2 Å². The van der Waals surface area contributed by atoms with Crippen LogP contribution in [0.4, 0.5) is 0 Å². The first-order valence-corrected chi connectivity index (χ1v) is 24.1. The minimum atomic E-state index is -2.48. The van der Waals surface area contributed by atoms with Gasteiger partial charge in [-0.3, -0.25) is 28.8 Å². The average molecular weight is 946 g/mol. The Morgan fingerprint density at radius 2 is 1.60 bits per heavy atom. The molecule has 378 valence electrons. The Hall–Kier alpha value is -3.77. The van der Waals surface area contributed by atoms with Crippen LogP contribution in [0.2, 0.25) is 0 Å². The number of esters is 1. The van der Waals surface area contributed by atoms with Gasteiger partial charge in [-0.15, -0.1) is 0 Å². The number of aldehydes is 2. The van der Waals surface area contributed by atoms with E-state index in [1.807, 2.05) is 13.8 Å². The lowest BCUT2D eigenvalue weighted by molar-refractivity contribution is -0.265. The van der Waals surface area contributed by atoms with Gasteiger partial charge in [-0.2, -0.15) is 0 Å². The summed E-state index contributed by atoms with van der Waals surface area (Å²) in [5, 5.41) is 33.6. The van der Waals surface area contributed by atoms with Gasteiger partial charge in [0.05, 0.1) is 24.4 Å². The monoisotopic (exact) mass is 946 g/mol. The summed E-state index contributed by atoms with van der Waals surface area (Å²) in [6.45, 7) is 12.1. The summed E-state index contributed by atoms with van der Waals surface area (Å²) in [5.41, 5.74) is 0.970. The van der Waals surface area contributed by atoms with Gasteiger partial charge in [0.25, 0.3) is 11.7 Å². The fraction of sp³-hybridized carbons (Fsp3) is 0.745. The summed E-state index contributed by atoms with van der Waals surface area (Å²) in [6, 6.07) is -1.19. The van der Waals surface area contributed by atoms with Crippen molar-refractivity contribution in [3.8, 4) is 0 Å². The maximum atomic E-state index is 14.4. The summed E-state index contributed by atoms with van der Waals surface area (Å²) >= 11 is 0. The van der Waals surface area contributed by atoms with Crippen LogP contribution in [0.25, 0.3) is 0 Å². The Kier molecular flexibility index (Phi) is 23.6. The molecule has 3 fully saturated rings. The highest BCUT2D eigenvalue weighted by atomic mass is 16.6. The largest absolute Gasteiger partial charge is 0.460 e. The molecule has 3 N–H and O–H groups in total.